The van der Waals surface area contributed by atoms with E-state index in [1.165, 1.54) is 51.4 Å². The molecule has 0 heterocycles. The van der Waals surface area contributed by atoms with Gasteiger partial charge in [0.05, 0.1) is 0 Å². The summed E-state index contributed by atoms with van der Waals surface area (Å²) in [6.45, 7) is 12.1. The Bertz CT molecular complexity index is 338. The van der Waals surface area contributed by atoms with E-state index in [0.717, 1.165) is 23.7 Å². The van der Waals surface area contributed by atoms with E-state index >= 15 is 0 Å². The zero-order valence-corrected chi connectivity index (χ0v) is 14.5. The second kappa shape index (κ2) is 6.67. The number of rotatable bonds is 5. The third kappa shape index (κ3) is 3.15. The number of hydrogen-bond donors (Lipinski definition) is 0. The van der Waals surface area contributed by atoms with E-state index in [1.54, 1.807) is 5.57 Å². The third-order valence-electron chi connectivity index (χ3n) is 6.54. The molecule has 4 atom stereocenters. The Hall–Kier alpha value is -0.260. The molecular formula is C20H36. The minimum atomic E-state index is 0.622. The van der Waals surface area contributed by atoms with Crippen LogP contribution in [0.2, 0.25) is 0 Å². The van der Waals surface area contributed by atoms with Crippen LogP contribution in [-0.2, 0) is 0 Å². The van der Waals surface area contributed by atoms with Crippen molar-refractivity contribution in [2.75, 3.05) is 0 Å². The maximum Gasteiger partial charge on any atom is -0.0146 e. The molecule has 0 aliphatic heterocycles. The maximum atomic E-state index is 2.62. The predicted octanol–water partition coefficient (Wildman–Crippen LogP) is 6.61. The van der Waals surface area contributed by atoms with Crippen LogP contribution in [0.3, 0.4) is 0 Å². The Morgan fingerprint density at radius 2 is 1.95 bits per heavy atom. The van der Waals surface area contributed by atoms with Crippen LogP contribution in [0.15, 0.2) is 11.6 Å². The molecule has 0 amide bonds. The maximum absolute atomic E-state index is 2.62. The monoisotopic (exact) mass is 276 g/mol. The van der Waals surface area contributed by atoms with Gasteiger partial charge in [0.15, 0.2) is 0 Å². The average Bonchev–Trinajstić information content (AvgIpc) is 2.75. The van der Waals surface area contributed by atoms with Crippen molar-refractivity contribution in [1.82, 2.24) is 0 Å². The fourth-order valence-corrected chi connectivity index (χ4v) is 5.41. The molecule has 0 saturated heterocycles. The van der Waals surface area contributed by atoms with Gasteiger partial charge in [0, 0.05) is 0 Å². The molecule has 2 rings (SSSR count). The molecule has 0 nitrogen and oxygen atoms in total. The van der Waals surface area contributed by atoms with Crippen LogP contribution in [0.25, 0.3) is 0 Å². The molecule has 2 saturated carbocycles. The van der Waals surface area contributed by atoms with Crippen LogP contribution in [0, 0.1) is 29.1 Å². The smallest absolute Gasteiger partial charge is 0.0146 e. The van der Waals surface area contributed by atoms with Gasteiger partial charge in [-0.25, -0.2) is 0 Å². The summed E-state index contributed by atoms with van der Waals surface area (Å²) in [4.78, 5) is 0. The Kier molecular flexibility index (Phi) is 5.37. The molecule has 3 unspecified atom stereocenters. The summed E-state index contributed by atoms with van der Waals surface area (Å²) >= 11 is 0. The fraction of sp³-hybridized carbons (Fsp3) is 0.900. The fourth-order valence-electron chi connectivity index (χ4n) is 5.41. The molecule has 2 aliphatic carbocycles. The van der Waals surface area contributed by atoms with Crippen molar-refractivity contribution in [1.29, 1.82) is 0 Å². The van der Waals surface area contributed by atoms with E-state index in [-0.39, 0.29) is 0 Å². The topological polar surface area (TPSA) is 0 Å². The van der Waals surface area contributed by atoms with E-state index in [1.807, 2.05) is 0 Å². The Morgan fingerprint density at radius 1 is 1.20 bits per heavy atom. The minimum absolute atomic E-state index is 0.622. The highest BCUT2D eigenvalue weighted by molar-refractivity contribution is 5.17. The number of hydrogen-bond acceptors (Lipinski definition) is 0. The molecule has 0 aromatic heterocycles. The van der Waals surface area contributed by atoms with Gasteiger partial charge < -0.3 is 0 Å². The van der Waals surface area contributed by atoms with Gasteiger partial charge in [0.1, 0.15) is 0 Å². The van der Waals surface area contributed by atoms with E-state index in [2.05, 4.69) is 40.7 Å². The minimum Gasteiger partial charge on any atom is -0.0882 e. The van der Waals surface area contributed by atoms with Crippen molar-refractivity contribution in [2.24, 2.45) is 29.1 Å². The molecule has 0 radical (unpaired) electrons. The second-order valence-corrected chi connectivity index (χ2v) is 8.26. The lowest BCUT2D eigenvalue weighted by Gasteiger charge is -2.44. The molecule has 0 aromatic carbocycles. The van der Waals surface area contributed by atoms with Crippen molar-refractivity contribution in [3.05, 3.63) is 11.6 Å². The van der Waals surface area contributed by atoms with Gasteiger partial charge in [-0.1, -0.05) is 58.6 Å². The Labute approximate surface area is 127 Å². The van der Waals surface area contributed by atoms with Gasteiger partial charge in [-0.15, -0.1) is 0 Å². The quantitative estimate of drug-likeness (QED) is 0.495. The summed E-state index contributed by atoms with van der Waals surface area (Å²) in [5.74, 6) is 3.70. The molecule has 0 N–H and O–H groups in total. The lowest BCUT2D eigenvalue weighted by atomic mass is 9.61. The first kappa shape index (κ1) is 16.1. The summed E-state index contributed by atoms with van der Waals surface area (Å²) < 4.78 is 0. The standard InChI is InChI=1S/C20H36/c1-6-17-11-8-14-20(5)18(12-13-19(17)20)16(4)10-7-9-15(2)3/h6,15-16,18-19H,7-14H2,1-5H3/b17-6+/t16-,18?,19?,20?/m1/s1. The molecule has 2 aliphatic rings. The van der Waals surface area contributed by atoms with Crippen molar-refractivity contribution >= 4 is 0 Å². The third-order valence-corrected chi connectivity index (χ3v) is 6.54. The highest BCUT2D eigenvalue weighted by Gasteiger charge is 2.50. The average molecular weight is 277 g/mol. The summed E-state index contributed by atoms with van der Waals surface area (Å²) in [7, 11) is 0. The second-order valence-electron chi connectivity index (χ2n) is 8.26. The van der Waals surface area contributed by atoms with Crippen LogP contribution in [0.1, 0.15) is 86.0 Å². The summed E-state index contributed by atoms with van der Waals surface area (Å²) in [5, 5.41) is 0. The van der Waals surface area contributed by atoms with E-state index in [0.29, 0.717) is 5.41 Å². The van der Waals surface area contributed by atoms with Crippen LogP contribution in [0.4, 0.5) is 0 Å². The number of fused-ring (bicyclic) bond motifs is 1. The highest BCUT2D eigenvalue weighted by atomic mass is 14.5. The van der Waals surface area contributed by atoms with Crippen molar-refractivity contribution in [3.8, 4) is 0 Å². The van der Waals surface area contributed by atoms with Crippen LogP contribution in [-0.4, -0.2) is 0 Å². The van der Waals surface area contributed by atoms with Gasteiger partial charge in [0.25, 0.3) is 0 Å². The van der Waals surface area contributed by atoms with Gasteiger partial charge in [0.2, 0.25) is 0 Å². The van der Waals surface area contributed by atoms with E-state index in [9.17, 15) is 0 Å². The summed E-state index contributed by atoms with van der Waals surface area (Å²) in [6, 6.07) is 0. The largest absolute Gasteiger partial charge is 0.0882 e. The number of allylic oxidation sites excluding steroid dienone is 2. The van der Waals surface area contributed by atoms with E-state index < -0.39 is 0 Å². The van der Waals surface area contributed by atoms with Crippen molar-refractivity contribution in [2.45, 2.75) is 86.0 Å². The molecular weight excluding hydrogens is 240 g/mol. The highest BCUT2D eigenvalue weighted by Crippen LogP contribution is 2.59. The van der Waals surface area contributed by atoms with E-state index in [4.69, 9.17) is 0 Å². The molecule has 0 bridgehead atoms. The molecule has 2 fully saturated rings. The zero-order valence-electron chi connectivity index (χ0n) is 14.5. The molecule has 20 heavy (non-hydrogen) atoms. The van der Waals surface area contributed by atoms with Gasteiger partial charge in [-0.05, 0) is 68.1 Å². The predicted molar refractivity (Wildman–Crippen MR) is 89.8 cm³/mol. The van der Waals surface area contributed by atoms with Crippen molar-refractivity contribution in [3.63, 3.8) is 0 Å². The van der Waals surface area contributed by atoms with Gasteiger partial charge >= 0.3 is 0 Å². The first-order chi connectivity index (χ1) is 9.49. The summed E-state index contributed by atoms with van der Waals surface area (Å²) in [5.41, 5.74) is 2.41. The summed E-state index contributed by atoms with van der Waals surface area (Å²) in [6.07, 6.45) is 14.0. The normalized spacial score (nSPS) is 37.4. The SMILES string of the molecule is C/C=C1\CCCC2(C)C1CCC2[C@H](C)CCCC(C)C. The van der Waals surface area contributed by atoms with Crippen LogP contribution >= 0.6 is 0 Å². The van der Waals surface area contributed by atoms with Crippen molar-refractivity contribution < 1.29 is 0 Å². The molecule has 116 valence electrons. The Balaban J connectivity index is 1.99. The Morgan fingerprint density at radius 3 is 2.60 bits per heavy atom. The molecule has 0 aromatic rings. The van der Waals surface area contributed by atoms with Gasteiger partial charge in [-0.2, -0.15) is 0 Å². The molecule has 0 heteroatoms. The zero-order chi connectivity index (χ0) is 14.8. The lowest BCUT2D eigenvalue weighted by Crippen LogP contribution is -2.35. The van der Waals surface area contributed by atoms with Gasteiger partial charge in [-0.3, -0.25) is 0 Å². The van der Waals surface area contributed by atoms with Crippen LogP contribution in [0.5, 0.6) is 0 Å². The first-order valence-corrected chi connectivity index (χ1v) is 9.14. The van der Waals surface area contributed by atoms with Crippen LogP contribution < -0.4 is 0 Å². The lowest BCUT2D eigenvalue weighted by molar-refractivity contribution is 0.0927. The molecule has 0 spiro atoms. The first-order valence-electron chi connectivity index (χ1n) is 9.14.